The van der Waals surface area contributed by atoms with Crippen LogP contribution < -0.4 is 5.32 Å². The Bertz CT molecular complexity index is 539. The number of rotatable bonds is 1. The zero-order chi connectivity index (χ0) is 14.6. The molecule has 1 aliphatic rings. The van der Waals surface area contributed by atoms with E-state index in [1.54, 1.807) is 11.1 Å². The summed E-state index contributed by atoms with van der Waals surface area (Å²) in [5.41, 5.74) is -0.999. The SMILES string of the molecule is N#CNC(=Nc1ccccc1C(F)(F)F)N1CCCC1. The molecule has 0 aromatic heterocycles. The van der Waals surface area contributed by atoms with Crippen molar-refractivity contribution in [3.63, 3.8) is 0 Å². The highest BCUT2D eigenvalue weighted by molar-refractivity contribution is 5.84. The molecule has 20 heavy (non-hydrogen) atoms. The highest BCUT2D eigenvalue weighted by atomic mass is 19.4. The monoisotopic (exact) mass is 282 g/mol. The summed E-state index contributed by atoms with van der Waals surface area (Å²) >= 11 is 0. The lowest BCUT2D eigenvalue weighted by atomic mass is 10.2. The highest BCUT2D eigenvalue weighted by Crippen LogP contribution is 2.36. The van der Waals surface area contributed by atoms with Crippen LogP contribution in [0.5, 0.6) is 0 Å². The van der Waals surface area contributed by atoms with Gasteiger partial charge in [0, 0.05) is 13.1 Å². The Kier molecular flexibility index (Phi) is 4.13. The summed E-state index contributed by atoms with van der Waals surface area (Å²) < 4.78 is 38.7. The van der Waals surface area contributed by atoms with Crippen LogP contribution in [0.3, 0.4) is 0 Å². The van der Waals surface area contributed by atoms with Crippen LogP contribution in [0.2, 0.25) is 0 Å². The summed E-state index contributed by atoms with van der Waals surface area (Å²) in [4.78, 5) is 5.76. The molecular formula is C13H13F3N4. The van der Waals surface area contributed by atoms with Gasteiger partial charge in [-0.2, -0.15) is 18.4 Å². The molecule has 0 unspecified atom stereocenters. The Hall–Kier alpha value is -2.23. The predicted molar refractivity (Wildman–Crippen MR) is 68.1 cm³/mol. The van der Waals surface area contributed by atoms with Crippen LogP contribution in [-0.4, -0.2) is 23.9 Å². The lowest BCUT2D eigenvalue weighted by Crippen LogP contribution is -2.37. The van der Waals surface area contributed by atoms with Crippen molar-refractivity contribution in [2.24, 2.45) is 4.99 Å². The average molecular weight is 282 g/mol. The first-order valence-corrected chi connectivity index (χ1v) is 6.17. The van der Waals surface area contributed by atoms with Gasteiger partial charge in [0.2, 0.25) is 5.96 Å². The van der Waals surface area contributed by atoms with Crippen LogP contribution in [0.4, 0.5) is 18.9 Å². The molecule has 0 bridgehead atoms. The minimum Gasteiger partial charge on any atom is -0.342 e. The van der Waals surface area contributed by atoms with E-state index in [2.05, 4.69) is 10.3 Å². The second-order valence-electron chi connectivity index (χ2n) is 4.38. The zero-order valence-corrected chi connectivity index (χ0v) is 10.6. The van der Waals surface area contributed by atoms with Crippen molar-refractivity contribution < 1.29 is 13.2 Å². The maximum Gasteiger partial charge on any atom is 0.418 e. The van der Waals surface area contributed by atoms with Gasteiger partial charge < -0.3 is 4.90 Å². The van der Waals surface area contributed by atoms with Crippen molar-refractivity contribution in [3.8, 4) is 6.19 Å². The van der Waals surface area contributed by atoms with Gasteiger partial charge in [0.1, 0.15) is 0 Å². The van der Waals surface area contributed by atoms with E-state index < -0.39 is 11.7 Å². The summed E-state index contributed by atoms with van der Waals surface area (Å²) in [6.07, 6.45) is -0.875. The van der Waals surface area contributed by atoms with Crippen LogP contribution in [0.15, 0.2) is 29.3 Å². The van der Waals surface area contributed by atoms with Gasteiger partial charge in [-0.05, 0) is 25.0 Å². The molecule has 2 rings (SSSR count). The fraction of sp³-hybridized carbons (Fsp3) is 0.385. The van der Waals surface area contributed by atoms with Crippen molar-refractivity contribution in [2.45, 2.75) is 19.0 Å². The fourth-order valence-electron chi connectivity index (χ4n) is 2.08. The number of likely N-dealkylation sites (tertiary alicyclic amines) is 1. The number of nitrogens with zero attached hydrogens (tertiary/aromatic N) is 3. The summed E-state index contributed by atoms with van der Waals surface area (Å²) in [6, 6.07) is 5.07. The number of nitriles is 1. The van der Waals surface area contributed by atoms with Gasteiger partial charge in [-0.15, -0.1) is 0 Å². The van der Waals surface area contributed by atoms with Crippen molar-refractivity contribution >= 4 is 11.6 Å². The number of hydrogen-bond acceptors (Lipinski definition) is 2. The van der Waals surface area contributed by atoms with E-state index in [1.807, 2.05) is 0 Å². The number of guanidine groups is 1. The van der Waals surface area contributed by atoms with E-state index in [0.717, 1.165) is 18.9 Å². The first-order chi connectivity index (χ1) is 9.52. The van der Waals surface area contributed by atoms with E-state index in [4.69, 9.17) is 5.26 Å². The molecule has 1 fully saturated rings. The highest BCUT2D eigenvalue weighted by Gasteiger charge is 2.33. The average Bonchev–Trinajstić information content (AvgIpc) is 2.91. The minimum absolute atomic E-state index is 0.168. The summed E-state index contributed by atoms with van der Waals surface area (Å²) in [5, 5.41) is 11.1. The molecule has 4 nitrogen and oxygen atoms in total. The molecule has 1 N–H and O–H groups in total. The van der Waals surface area contributed by atoms with E-state index in [9.17, 15) is 13.2 Å². The van der Waals surface area contributed by atoms with Gasteiger partial charge in [-0.3, -0.25) is 5.32 Å². The number of para-hydroxylation sites is 1. The first-order valence-electron chi connectivity index (χ1n) is 6.17. The van der Waals surface area contributed by atoms with Gasteiger partial charge in [0.25, 0.3) is 0 Å². The Labute approximate surface area is 114 Å². The molecule has 0 amide bonds. The number of benzene rings is 1. The molecule has 0 radical (unpaired) electrons. The van der Waals surface area contributed by atoms with Crippen LogP contribution >= 0.6 is 0 Å². The predicted octanol–water partition coefficient (Wildman–Crippen LogP) is 2.86. The number of alkyl halides is 3. The lowest BCUT2D eigenvalue weighted by Gasteiger charge is -2.19. The van der Waals surface area contributed by atoms with Gasteiger partial charge in [-0.25, -0.2) is 4.99 Å². The molecule has 7 heteroatoms. The van der Waals surface area contributed by atoms with Crippen molar-refractivity contribution in [2.75, 3.05) is 13.1 Å². The Morgan fingerprint density at radius 1 is 1.25 bits per heavy atom. The van der Waals surface area contributed by atoms with Crippen LogP contribution in [-0.2, 0) is 6.18 Å². The molecule has 106 valence electrons. The molecule has 1 heterocycles. The maximum atomic E-state index is 12.9. The Balaban J connectivity index is 2.38. The molecule has 1 aromatic carbocycles. The molecular weight excluding hydrogens is 269 g/mol. The van der Waals surface area contributed by atoms with Crippen molar-refractivity contribution in [3.05, 3.63) is 29.8 Å². The zero-order valence-electron chi connectivity index (χ0n) is 10.6. The van der Waals surface area contributed by atoms with Crippen LogP contribution in [0.1, 0.15) is 18.4 Å². The Morgan fingerprint density at radius 2 is 1.90 bits per heavy atom. The topological polar surface area (TPSA) is 51.4 Å². The molecule has 0 atom stereocenters. The smallest absolute Gasteiger partial charge is 0.342 e. The third-order valence-corrected chi connectivity index (χ3v) is 3.01. The van der Waals surface area contributed by atoms with Gasteiger partial charge in [0.05, 0.1) is 11.3 Å². The van der Waals surface area contributed by atoms with Gasteiger partial charge in [0.15, 0.2) is 6.19 Å². The first kappa shape index (κ1) is 14.2. The fourth-order valence-corrected chi connectivity index (χ4v) is 2.08. The van der Waals surface area contributed by atoms with Gasteiger partial charge in [-0.1, -0.05) is 12.1 Å². The largest absolute Gasteiger partial charge is 0.418 e. The number of hydrogen-bond donors (Lipinski definition) is 1. The molecule has 1 aliphatic heterocycles. The van der Waals surface area contributed by atoms with E-state index in [0.29, 0.717) is 13.1 Å². The summed E-state index contributed by atoms with van der Waals surface area (Å²) in [7, 11) is 0. The van der Waals surface area contributed by atoms with E-state index >= 15 is 0 Å². The maximum absolute atomic E-state index is 12.9. The third kappa shape index (κ3) is 3.20. The number of aliphatic imine (C=N–C) groups is 1. The number of nitrogens with one attached hydrogen (secondary N) is 1. The third-order valence-electron chi connectivity index (χ3n) is 3.01. The second kappa shape index (κ2) is 5.82. The molecule has 1 aromatic rings. The van der Waals surface area contributed by atoms with Crippen LogP contribution in [0, 0.1) is 11.5 Å². The van der Waals surface area contributed by atoms with Crippen molar-refractivity contribution in [1.29, 1.82) is 5.26 Å². The van der Waals surface area contributed by atoms with E-state index in [-0.39, 0.29) is 11.6 Å². The standard InChI is InChI=1S/C13H13F3N4/c14-13(15,16)10-5-1-2-6-11(10)19-12(18-9-17)20-7-3-4-8-20/h1-2,5-6H,3-4,7-8H2,(H,18,19). The van der Waals surface area contributed by atoms with Crippen LogP contribution in [0.25, 0.3) is 0 Å². The molecule has 0 spiro atoms. The Morgan fingerprint density at radius 3 is 2.50 bits per heavy atom. The second-order valence-corrected chi connectivity index (χ2v) is 4.38. The van der Waals surface area contributed by atoms with Crippen molar-refractivity contribution in [1.82, 2.24) is 10.2 Å². The molecule has 0 saturated carbocycles. The molecule has 0 aliphatic carbocycles. The normalized spacial score (nSPS) is 16.1. The lowest BCUT2D eigenvalue weighted by molar-refractivity contribution is -0.137. The summed E-state index contributed by atoms with van der Waals surface area (Å²) in [6.45, 7) is 1.36. The molecule has 1 saturated heterocycles. The minimum atomic E-state index is -4.47. The van der Waals surface area contributed by atoms with E-state index in [1.165, 1.54) is 18.2 Å². The number of halogens is 3. The quantitative estimate of drug-likeness (QED) is 0.373. The summed E-state index contributed by atoms with van der Waals surface area (Å²) in [5.74, 6) is 0.168. The van der Waals surface area contributed by atoms with Gasteiger partial charge >= 0.3 is 6.18 Å².